The zero-order chi connectivity index (χ0) is 42.7. The fraction of sp³-hybridized carbons (Fsp3) is 0.465. The highest BCUT2D eigenvalue weighted by molar-refractivity contribution is 7.91. The van der Waals surface area contributed by atoms with Crippen molar-refractivity contribution in [3.05, 3.63) is 67.3 Å². The lowest BCUT2D eigenvalue weighted by Gasteiger charge is -2.40. The van der Waals surface area contributed by atoms with Crippen LogP contribution in [0.1, 0.15) is 66.7 Å². The number of carbonyl (C=O) groups excluding carboxylic acids is 3. The Morgan fingerprint density at radius 1 is 1.08 bits per heavy atom. The molecule has 1 aliphatic heterocycles. The molecular formula is C43H51N5O10S. The highest BCUT2D eigenvalue weighted by Gasteiger charge is 2.62. The van der Waals surface area contributed by atoms with E-state index in [2.05, 4.69) is 21.9 Å². The third-order valence-electron chi connectivity index (χ3n) is 11.3. The van der Waals surface area contributed by atoms with Crippen LogP contribution in [0.15, 0.2) is 71.7 Å². The van der Waals surface area contributed by atoms with E-state index in [4.69, 9.17) is 18.9 Å². The molecule has 2 saturated carbocycles. The third-order valence-corrected chi connectivity index (χ3v) is 13.2. The van der Waals surface area contributed by atoms with Crippen LogP contribution in [0.4, 0.5) is 4.79 Å². The molecule has 2 aliphatic carbocycles. The zero-order valence-electron chi connectivity index (χ0n) is 34.0. The molecule has 0 radical (unpaired) electrons. The van der Waals surface area contributed by atoms with Crippen molar-refractivity contribution < 1.29 is 46.6 Å². The number of carboxylic acid groups (broad SMARTS) is 1. The number of methoxy groups -OCH3 is 1. The minimum atomic E-state index is -3.95. The number of furan rings is 1. The molecule has 3 heterocycles. The quantitative estimate of drug-likeness (QED) is 0.112. The van der Waals surface area contributed by atoms with Gasteiger partial charge < -0.3 is 34.5 Å². The Kier molecular flexibility index (Phi) is 10.7. The predicted molar refractivity (Wildman–Crippen MR) is 220 cm³/mol. The lowest BCUT2D eigenvalue weighted by atomic mass is 9.71. The lowest BCUT2D eigenvalue weighted by Crippen LogP contribution is -2.60. The number of aromatic nitrogens is 1. The first kappa shape index (κ1) is 41.5. The summed E-state index contributed by atoms with van der Waals surface area (Å²) in [5.74, 6) is -1.93. The maximum Gasteiger partial charge on any atom is 0.405 e. The summed E-state index contributed by atoms with van der Waals surface area (Å²) in [5.41, 5.74) is -0.106. The molecule has 59 heavy (non-hydrogen) atoms. The first-order valence-electron chi connectivity index (χ1n) is 19.7. The molecule has 3 fully saturated rings. The van der Waals surface area contributed by atoms with Gasteiger partial charge in [0, 0.05) is 24.0 Å². The maximum absolute atomic E-state index is 14.8. The van der Waals surface area contributed by atoms with Crippen LogP contribution >= 0.6 is 0 Å². The Morgan fingerprint density at radius 2 is 1.80 bits per heavy atom. The van der Waals surface area contributed by atoms with E-state index in [0.29, 0.717) is 58.5 Å². The van der Waals surface area contributed by atoms with Crippen molar-refractivity contribution in [2.24, 2.45) is 16.7 Å². The van der Waals surface area contributed by atoms with Gasteiger partial charge in [0.15, 0.2) is 11.3 Å². The van der Waals surface area contributed by atoms with Gasteiger partial charge >= 0.3 is 6.09 Å². The van der Waals surface area contributed by atoms with Gasteiger partial charge in [-0.15, -0.1) is 6.58 Å². The Hall–Kier alpha value is -5.64. The van der Waals surface area contributed by atoms with E-state index >= 15 is 0 Å². The molecule has 3 aliphatic rings. The number of hydrogen-bond acceptors (Lipinski definition) is 10. The highest BCUT2D eigenvalue weighted by Crippen LogP contribution is 2.46. The number of carbonyl (C=O) groups is 4. The molecule has 2 aromatic carbocycles. The van der Waals surface area contributed by atoms with Crippen molar-refractivity contribution in [1.29, 1.82) is 0 Å². The van der Waals surface area contributed by atoms with E-state index in [0.717, 1.165) is 5.56 Å². The number of sulfonamides is 1. The summed E-state index contributed by atoms with van der Waals surface area (Å²) < 4.78 is 46.3. The first-order chi connectivity index (χ1) is 27.7. The van der Waals surface area contributed by atoms with Crippen molar-refractivity contribution in [1.82, 2.24) is 25.2 Å². The standard InChI is InChI=1S/C43H51N5O10S/c1-8-25-21-43(25,39(51)47-59(54,55)28-15-16-28)46-37(49)31-19-27(22-48(31)38(50)36(45-40(52)53)42(5,6)23-41(2,3)4)57-33-20-30(24-12-10-9-11-13-24)44-34-29-18-26(56-7)14-17-32(29)58-35(33)34/h8-14,17-18,20,25,27-28,31,36,45H,1,15-16,19,21-23H2,2-7H3,(H,46,49)(H,47,51)(H,52,53)/t25-,27-,31+,36-,43-/m1/s1. The maximum atomic E-state index is 14.8. The van der Waals surface area contributed by atoms with E-state index in [9.17, 15) is 32.7 Å². The number of nitrogens with one attached hydrogen (secondary N) is 3. The molecular weight excluding hydrogens is 779 g/mol. The molecule has 4 aromatic rings. The van der Waals surface area contributed by atoms with Gasteiger partial charge in [0.1, 0.15) is 40.6 Å². The van der Waals surface area contributed by atoms with Crippen LogP contribution < -0.4 is 24.8 Å². The smallest absolute Gasteiger partial charge is 0.405 e. The SMILES string of the molecule is C=C[C@@H]1C[C@]1(NC(=O)[C@@H]1C[C@@H](Oc2cc(-c3ccccc3)nc3c2oc2ccc(OC)cc23)CN1C(=O)[C@@H](NC(=O)O)C(C)(C)CC(C)(C)C)C(=O)NS(=O)(=O)C1CC1. The molecule has 314 valence electrons. The van der Waals surface area contributed by atoms with E-state index in [1.165, 1.54) is 11.0 Å². The zero-order valence-corrected chi connectivity index (χ0v) is 34.9. The highest BCUT2D eigenvalue weighted by atomic mass is 32.2. The normalized spacial score (nSPS) is 22.4. The second-order valence-corrected chi connectivity index (χ2v) is 19.7. The number of hydrogen-bond donors (Lipinski definition) is 4. The Labute approximate surface area is 342 Å². The van der Waals surface area contributed by atoms with Crippen LogP contribution in [0.2, 0.25) is 0 Å². The summed E-state index contributed by atoms with van der Waals surface area (Å²) in [6.07, 6.45) is 0.583. The molecule has 0 spiro atoms. The summed E-state index contributed by atoms with van der Waals surface area (Å²) >= 11 is 0. The minimum Gasteiger partial charge on any atom is -0.497 e. The van der Waals surface area contributed by atoms with E-state index in [1.807, 2.05) is 57.2 Å². The number of benzene rings is 2. The van der Waals surface area contributed by atoms with Crippen molar-refractivity contribution >= 4 is 55.9 Å². The molecule has 2 aromatic heterocycles. The van der Waals surface area contributed by atoms with Crippen LogP contribution in [0, 0.1) is 16.7 Å². The number of nitrogens with zero attached hydrogens (tertiary/aromatic N) is 2. The van der Waals surface area contributed by atoms with Gasteiger partial charge in [-0.2, -0.15) is 0 Å². The van der Waals surface area contributed by atoms with Crippen LogP contribution in [0.3, 0.4) is 0 Å². The summed E-state index contributed by atoms with van der Waals surface area (Å²) in [6, 6.07) is 14.0. The Balaban J connectivity index is 1.27. The molecule has 16 heteroatoms. The number of ether oxygens (including phenoxy) is 2. The minimum absolute atomic E-state index is 0.0631. The number of likely N-dealkylation sites (tertiary alicyclic amines) is 1. The fourth-order valence-electron chi connectivity index (χ4n) is 8.58. The third kappa shape index (κ3) is 8.45. The molecule has 0 unspecified atom stereocenters. The second kappa shape index (κ2) is 15.2. The van der Waals surface area contributed by atoms with Gasteiger partial charge in [-0.1, -0.05) is 71.0 Å². The number of pyridine rings is 1. The molecule has 7 rings (SSSR count). The lowest BCUT2D eigenvalue weighted by molar-refractivity contribution is -0.143. The van der Waals surface area contributed by atoms with Gasteiger partial charge in [0.25, 0.3) is 5.91 Å². The fourth-order valence-corrected chi connectivity index (χ4v) is 9.94. The average molecular weight is 830 g/mol. The number of fused-ring (bicyclic) bond motifs is 3. The van der Waals surface area contributed by atoms with Crippen LogP contribution in [0.5, 0.6) is 11.5 Å². The van der Waals surface area contributed by atoms with Gasteiger partial charge in [-0.05, 0) is 54.7 Å². The molecule has 1 saturated heterocycles. The molecule has 4 N–H and O–H groups in total. The average Bonchev–Trinajstić information content (AvgIpc) is 4.08. The van der Waals surface area contributed by atoms with Crippen LogP contribution in [-0.2, 0) is 24.4 Å². The van der Waals surface area contributed by atoms with E-state index < -0.39 is 74.1 Å². The summed E-state index contributed by atoms with van der Waals surface area (Å²) in [5, 5.41) is 15.2. The topological polar surface area (TPSA) is 206 Å². The monoisotopic (exact) mass is 829 g/mol. The summed E-state index contributed by atoms with van der Waals surface area (Å²) in [6.45, 7) is 13.2. The van der Waals surface area contributed by atoms with E-state index in [1.54, 1.807) is 39.2 Å². The molecule has 5 atom stereocenters. The van der Waals surface area contributed by atoms with Gasteiger partial charge in [-0.25, -0.2) is 18.2 Å². The Bertz CT molecular complexity index is 2440. The van der Waals surface area contributed by atoms with E-state index in [-0.39, 0.29) is 24.8 Å². The van der Waals surface area contributed by atoms with Crippen molar-refractivity contribution in [3.8, 4) is 22.8 Å². The van der Waals surface area contributed by atoms with Gasteiger partial charge in [0.2, 0.25) is 21.8 Å². The predicted octanol–water partition coefficient (Wildman–Crippen LogP) is 5.77. The Morgan fingerprint density at radius 3 is 2.41 bits per heavy atom. The molecule has 4 amide bonds. The summed E-state index contributed by atoms with van der Waals surface area (Å²) in [7, 11) is -2.39. The second-order valence-electron chi connectivity index (χ2n) is 17.8. The molecule has 0 bridgehead atoms. The van der Waals surface area contributed by atoms with Gasteiger partial charge in [0.05, 0.1) is 30.0 Å². The summed E-state index contributed by atoms with van der Waals surface area (Å²) in [4.78, 5) is 61.5. The van der Waals surface area contributed by atoms with Crippen molar-refractivity contribution in [2.75, 3.05) is 13.7 Å². The van der Waals surface area contributed by atoms with Crippen LogP contribution in [-0.4, -0.2) is 89.9 Å². The molecule has 15 nitrogen and oxygen atoms in total. The van der Waals surface area contributed by atoms with Crippen LogP contribution in [0.25, 0.3) is 33.3 Å². The largest absolute Gasteiger partial charge is 0.497 e. The van der Waals surface area contributed by atoms with Crippen molar-refractivity contribution in [3.63, 3.8) is 0 Å². The number of amides is 4. The van der Waals surface area contributed by atoms with Crippen molar-refractivity contribution in [2.45, 2.75) is 95.7 Å². The number of rotatable bonds is 14. The first-order valence-corrected chi connectivity index (χ1v) is 21.2. The van der Waals surface area contributed by atoms with Gasteiger partial charge in [-0.3, -0.25) is 19.1 Å².